The maximum atomic E-state index is 11.2. The lowest BCUT2D eigenvalue weighted by Gasteiger charge is -2.00. The molecule has 0 aliphatic carbocycles. The van der Waals surface area contributed by atoms with Gasteiger partial charge in [0, 0.05) is 12.8 Å². The third kappa shape index (κ3) is 2.84. The Labute approximate surface area is 120 Å². The number of nitrogens with zero attached hydrogens (tertiary/aromatic N) is 2. The number of carboxylic acid groups (broad SMARTS) is 1. The second kappa shape index (κ2) is 5.62. The summed E-state index contributed by atoms with van der Waals surface area (Å²) in [6.45, 7) is 0. The fourth-order valence-electron chi connectivity index (χ4n) is 2.00. The molecule has 21 heavy (non-hydrogen) atoms. The number of hydrogen-bond acceptors (Lipinski definition) is 5. The number of benzene rings is 1. The number of rotatable bonds is 5. The van der Waals surface area contributed by atoms with E-state index in [2.05, 4.69) is 10.2 Å². The molecule has 1 aromatic carbocycles. The summed E-state index contributed by atoms with van der Waals surface area (Å²) < 4.78 is 10.8. The zero-order chi connectivity index (χ0) is 14.7. The van der Waals surface area contributed by atoms with E-state index in [-0.39, 0.29) is 11.5 Å². The Balaban J connectivity index is 1.80. The summed E-state index contributed by atoms with van der Waals surface area (Å²) in [5.41, 5.74) is 0.556. The number of furan rings is 1. The fourth-order valence-corrected chi connectivity index (χ4v) is 2.00. The number of aromatic carboxylic acids is 1. The molecule has 0 saturated carbocycles. The maximum absolute atomic E-state index is 11.2. The van der Waals surface area contributed by atoms with Crippen molar-refractivity contribution in [3.63, 3.8) is 0 Å². The lowest BCUT2D eigenvalue weighted by Crippen LogP contribution is -1.99. The highest BCUT2D eigenvalue weighted by Crippen LogP contribution is 2.22. The Morgan fingerprint density at radius 2 is 1.95 bits per heavy atom. The number of aromatic nitrogens is 2. The molecule has 2 aromatic heterocycles. The summed E-state index contributed by atoms with van der Waals surface area (Å²) in [5.74, 6) is 0.464. The number of carboxylic acids is 1. The molecule has 0 amide bonds. The Morgan fingerprint density at radius 3 is 2.71 bits per heavy atom. The lowest BCUT2D eigenvalue weighted by molar-refractivity contribution is 0.0697. The van der Waals surface area contributed by atoms with Crippen LogP contribution in [0.4, 0.5) is 0 Å². The Hall–Kier alpha value is -2.89. The molecule has 0 bridgehead atoms. The van der Waals surface area contributed by atoms with Gasteiger partial charge in [-0.3, -0.25) is 0 Å². The number of aryl methyl sites for hydroxylation is 2. The molecule has 3 aromatic rings. The van der Waals surface area contributed by atoms with Gasteiger partial charge in [0.25, 0.3) is 0 Å². The maximum Gasteiger partial charge on any atom is 0.336 e. The smallest absolute Gasteiger partial charge is 0.336 e. The van der Waals surface area contributed by atoms with Crippen LogP contribution in [-0.4, -0.2) is 21.3 Å². The van der Waals surface area contributed by atoms with Gasteiger partial charge in [0.05, 0.1) is 17.4 Å². The monoisotopic (exact) mass is 284 g/mol. The van der Waals surface area contributed by atoms with Crippen molar-refractivity contribution in [3.8, 4) is 11.5 Å². The fraction of sp³-hybridized carbons (Fsp3) is 0.133. The highest BCUT2D eigenvalue weighted by Gasteiger charge is 2.16. The minimum absolute atomic E-state index is 0.138. The van der Waals surface area contributed by atoms with E-state index in [1.54, 1.807) is 24.5 Å². The highest BCUT2D eigenvalue weighted by atomic mass is 16.4. The van der Waals surface area contributed by atoms with E-state index in [9.17, 15) is 4.79 Å². The molecule has 0 atom stereocenters. The van der Waals surface area contributed by atoms with Gasteiger partial charge in [-0.1, -0.05) is 12.1 Å². The van der Waals surface area contributed by atoms with Crippen molar-refractivity contribution < 1.29 is 18.7 Å². The van der Waals surface area contributed by atoms with Gasteiger partial charge in [-0.15, -0.1) is 10.2 Å². The second-order valence-corrected chi connectivity index (χ2v) is 4.43. The molecule has 0 unspecified atom stereocenters. The highest BCUT2D eigenvalue weighted by molar-refractivity contribution is 5.94. The van der Waals surface area contributed by atoms with Crippen molar-refractivity contribution in [2.75, 3.05) is 0 Å². The minimum atomic E-state index is -1.03. The van der Waals surface area contributed by atoms with Crippen LogP contribution in [-0.2, 0) is 12.8 Å². The average molecular weight is 284 g/mol. The first-order valence-electron chi connectivity index (χ1n) is 6.41. The summed E-state index contributed by atoms with van der Waals surface area (Å²) in [7, 11) is 0. The van der Waals surface area contributed by atoms with Crippen LogP contribution in [0.15, 0.2) is 51.5 Å². The third-order valence-electron chi connectivity index (χ3n) is 3.02. The molecule has 0 spiro atoms. The summed E-state index contributed by atoms with van der Waals surface area (Å²) in [4.78, 5) is 11.2. The van der Waals surface area contributed by atoms with Gasteiger partial charge in [0.1, 0.15) is 5.76 Å². The standard InChI is InChI=1S/C15H12N2O4/c18-15(19)12-6-2-1-5-11(12)14-17-16-13(21-14)8-7-10-4-3-9-20-10/h1-6,9H,7-8H2,(H,18,19). The second-order valence-electron chi connectivity index (χ2n) is 4.43. The molecular weight excluding hydrogens is 272 g/mol. The van der Waals surface area contributed by atoms with E-state index in [4.69, 9.17) is 13.9 Å². The van der Waals surface area contributed by atoms with Crippen LogP contribution in [0.2, 0.25) is 0 Å². The Morgan fingerprint density at radius 1 is 1.10 bits per heavy atom. The predicted octanol–water partition coefficient (Wildman–Crippen LogP) is 2.81. The Kier molecular flexibility index (Phi) is 3.51. The first-order valence-corrected chi connectivity index (χ1v) is 6.41. The van der Waals surface area contributed by atoms with Gasteiger partial charge in [0.2, 0.25) is 11.8 Å². The van der Waals surface area contributed by atoms with Crippen LogP contribution in [0.25, 0.3) is 11.5 Å². The zero-order valence-electron chi connectivity index (χ0n) is 11.0. The van der Waals surface area contributed by atoms with Crippen molar-refractivity contribution in [2.24, 2.45) is 0 Å². The first-order chi connectivity index (χ1) is 10.2. The van der Waals surface area contributed by atoms with Gasteiger partial charge >= 0.3 is 5.97 Å². The van der Waals surface area contributed by atoms with Crippen LogP contribution in [0.5, 0.6) is 0 Å². The summed E-state index contributed by atoms with van der Waals surface area (Å²) in [5, 5.41) is 17.0. The molecule has 0 radical (unpaired) electrons. The van der Waals surface area contributed by atoms with E-state index in [1.165, 1.54) is 6.07 Å². The summed E-state index contributed by atoms with van der Waals surface area (Å²) >= 11 is 0. The molecule has 106 valence electrons. The molecule has 2 heterocycles. The molecule has 6 nitrogen and oxygen atoms in total. The quantitative estimate of drug-likeness (QED) is 0.774. The van der Waals surface area contributed by atoms with Gasteiger partial charge < -0.3 is 13.9 Å². The van der Waals surface area contributed by atoms with Crippen molar-refractivity contribution in [2.45, 2.75) is 12.8 Å². The zero-order valence-corrected chi connectivity index (χ0v) is 11.0. The van der Waals surface area contributed by atoms with E-state index >= 15 is 0 Å². The van der Waals surface area contributed by atoms with Crippen molar-refractivity contribution in [3.05, 3.63) is 59.9 Å². The van der Waals surface area contributed by atoms with Gasteiger partial charge in [0.15, 0.2) is 0 Å². The molecule has 0 aliphatic rings. The summed E-state index contributed by atoms with van der Waals surface area (Å²) in [6.07, 6.45) is 2.79. The third-order valence-corrected chi connectivity index (χ3v) is 3.02. The molecule has 0 fully saturated rings. The average Bonchev–Trinajstić information content (AvgIpc) is 3.16. The van der Waals surface area contributed by atoms with Crippen molar-refractivity contribution in [1.82, 2.24) is 10.2 Å². The van der Waals surface area contributed by atoms with Crippen LogP contribution in [0, 0.1) is 0 Å². The molecule has 0 saturated heterocycles. The van der Waals surface area contributed by atoms with Gasteiger partial charge in [-0.05, 0) is 24.3 Å². The SMILES string of the molecule is O=C(O)c1ccccc1-c1nnc(CCc2ccco2)o1. The molecule has 3 rings (SSSR count). The van der Waals surface area contributed by atoms with Crippen molar-refractivity contribution >= 4 is 5.97 Å². The van der Waals surface area contributed by atoms with Crippen LogP contribution in [0.3, 0.4) is 0 Å². The van der Waals surface area contributed by atoms with E-state index in [1.807, 2.05) is 12.1 Å². The Bertz CT molecular complexity index is 747. The molecule has 0 aliphatic heterocycles. The topological polar surface area (TPSA) is 89.4 Å². The minimum Gasteiger partial charge on any atom is -0.478 e. The summed E-state index contributed by atoms with van der Waals surface area (Å²) in [6, 6.07) is 10.2. The first kappa shape index (κ1) is 13.1. The van der Waals surface area contributed by atoms with Crippen LogP contribution >= 0.6 is 0 Å². The van der Waals surface area contributed by atoms with E-state index in [0.717, 1.165) is 5.76 Å². The van der Waals surface area contributed by atoms with Gasteiger partial charge in [-0.25, -0.2) is 4.79 Å². The number of hydrogen-bond donors (Lipinski definition) is 1. The van der Waals surface area contributed by atoms with Crippen LogP contribution in [0.1, 0.15) is 22.0 Å². The van der Waals surface area contributed by atoms with E-state index < -0.39 is 5.97 Å². The lowest BCUT2D eigenvalue weighted by atomic mass is 10.1. The largest absolute Gasteiger partial charge is 0.478 e. The molecule has 1 N–H and O–H groups in total. The molecule has 6 heteroatoms. The van der Waals surface area contributed by atoms with Crippen LogP contribution < -0.4 is 0 Å². The molecular formula is C15H12N2O4. The van der Waals surface area contributed by atoms with E-state index in [0.29, 0.717) is 24.3 Å². The normalized spacial score (nSPS) is 10.7. The number of carbonyl (C=O) groups is 1. The van der Waals surface area contributed by atoms with Crippen molar-refractivity contribution in [1.29, 1.82) is 0 Å². The predicted molar refractivity (Wildman–Crippen MR) is 72.8 cm³/mol. The van der Waals surface area contributed by atoms with Gasteiger partial charge in [-0.2, -0.15) is 0 Å².